The van der Waals surface area contributed by atoms with Gasteiger partial charge in [0.15, 0.2) is 0 Å². The number of anilines is 1. The second-order valence-corrected chi connectivity index (χ2v) is 6.44. The minimum absolute atomic E-state index is 0.211. The van der Waals surface area contributed by atoms with Crippen molar-refractivity contribution in [2.45, 2.75) is 25.8 Å². The van der Waals surface area contributed by atoms with Crippen molar-refractivity contribution >= 4 is 39.6 Å². The molecule has 0 spiro atoms. The van der Waals surface area contributed by atoms with Crippen LogP contribution in [0.15, 0.2) is 12.1 Å². The number of likely N-dealkylation sites (tertiary alicyclic amines) is 1. The van der Waals surface area contributed by atoms with Gasteiger partial charge >= 0.3 is 0 Å². The number of nitrogen functional groups attached to an aromatic ring is 1. The topological polar surface area (TPSA) is 47.1 Å². The summed E-state index contributed by atoms with van der Waals surface area (Å²) in [6.07, 6.45) is 3.87. The molecule has 0 amide bonds. The zero-order valence-corrected chi connectivity index (χ0v) is 13.4. The average molecular weight is 388 g/mol. The van der Waals surface area contributed by atoms with Gasteiger partial charge in [0, 0.05) is 19.2 Å². The second-order valence-electron chi connectivity index (χ2n) is 5.28. The maximum atomic E-state index is 13.7. The van der Waals surface area contributed by atoms with Gasteiger partial charge in [-0.15, -0.1) is 0 Å². The van der Waals surface area contributed by atoms with Crippen LogP contribution in [0.5, 0.6) is 0 Å². The minimum Gasteiger partial charge on any atom is -0.369 e. The molecule has 3 rings (SSSR count). The number of rotatable bonds is 3. The summed E-state index contributed by atoms with van der Waals surface area (Å²) >= 11 is 1.98. The van der Waals surface area contributed by atoms with Crippen LogP contribution >= 0.6 is 22.6 Å². The summed E-state index contributed by atoms with van der Waals surface area (Å²) in [5, 5.41) is 0. The Morgan fingerprint density at radius 3 is 2.70 bits per heavy atom. The van der Waals surface area contributed by atoms with E-state index in [1.165, 1.54) is 25.3 Å². The second kappa shape index (κ2) is 5.85. The third-order valence-electron chi connectivity index (χ3n) is 3.91. The van der Waals surface area contributed by atoms with Gasteiger partial charge in [0.1, 0.15) is 5.82 Å². The number of nitrogens with zero attached hydrogens (tertiary/aromatic N) is 3. The van der Waals surface area contributed by atoms with Gasteiger partial charge < -0.3 is 15.2 Å². The van der Waals surface area contributed by atoms with E-state index >= 15 is 0 Å². The van der Waals surface area contributed by atoms with Crippen LogP contribution in [0.4, 0.5) is 10.3 Å². The van der Waals surface area contributed by atoms with E-state index in [9.17, 15) is 4.39 Å². The average Bonchev–Trinajstić information content (AvgIpc) is 2.73. The van der Waals surface area contributed by atoms with E-state index in [4.69, 9.17) is 5.73 Å². The molecule has 1 aliphatic rings. The molecule has 0 unspecified atom stereocenters. The van der Waals surface area contributed by atoms with Crippen LogP contribution in [0.25, 0.3) is 11.0 Å². The molecular formula is C14H18FIN4. The number of hydrogen-bond donors (Lipinski definition) is 1. The number of imidazole rings is 1. The first-order valence-electron chi connectivity index (χ1n) is 6.98. The Hall–Kier alpha value is -0.890. The van der Waals surface area contributed by atoms with Gasteiger partial charge in [0.2, 0.25) is 5.95 Å². The first-order valence-corrected chi connectivity index (χ1v) is 8.06. The van der Waals surface area contributed by atoms with E-state index in [0.717, 1.165) is 37.2 Å². The van der Waals surface area contributed by atoms with Gasteiger partial charge in [0.05, 0.1) is 14.6 Å². The molecule has 0 atom stereocenters. The van der Waals surface area contributed by atoms with Crippen molar-refractivity contribution in [2.24, 2.45) is 0 Å². The lowest BCUT2D eigenvalue weighted by molar-refractivity contribution is 0.222. The zero-order valence-electron chi connectivity index (χ0n) is 11.3. The third-order valence-corrected chi connectivity index (χ3v) is 4.74. The third kappa shape index (κ3) is 2.76. The molecule has 2 aromatic rings. The SMILES string of the molecule is Nc1nc2cc(I)c(F)cc2n1CCN1CCCCC1. The molecule has 1 fully saturated rings. The normalized spacial score (nSPS) is 16.9. The largest absolute Gasteiger partial charge is 0.369 e. The number of benzene rings is 1. The Balaban J connectivity index is 1.83. The zero-order chi connectivity index (χ0) is 14.1. The van der Waals surface area contributed by atoms with Crippen LogP contribution in [0, 0.1) is 9.39 Å². The molecule has 1 aliphatic heterocycles. The van der Waals surface area contributed by atoms with Crippen molar-refractivity contribution in [1.82, 2.24) is 14.5 Å². The van der Waals surface area contributed by atoms with Crippen molar-refractivity contribution in [3.8, 4) is 0 Å². The number of hydrogen-bond acceptors (Lipinski definition) is 3. The lowest BCUT2D eigenvalue weighted by Crippen LogP contribution is -2.32. The van der Waals surface area contributed by atoms with Crippen LogP contribution in [-0.4, -0.2) is 34.1 Å². The Kier molecular flexibility index (Phi) is 4.11. The molecule has 0 saturated carbocycles. The molecule has 2 N–H and O–H groups in total. The van der Waals surface area contributed by atoms with Gasteiger partial charge in [-0.1, -0.05) is 6.42 Å². The van der Waals surface area contributed by atoms with Crippen LogP contribution in [-0.2, 0) is 6.54 Å². The molecule has 0 bridgehead atoms. The molecular weight excluding hydrogens is 370 g/mol. The Bertz CT molecular complexity index is 619. The fourth-order valence-electron chi connectivity index (χ4n) is 2.80. The molecule has 6 heteroatoms. The highest BCUT2D eigenvalue weighted by Gasteiger charge is 2.14. The van der Waals surface area contributed by atoms with Crippen molar-refractivity contribution in [3.63, 3.8) is 0 Å². The Morgan fingerprint density at radius 1 is 1.20 bits per heavy atom. The molecule has 1 aromatic carbocycles. The van der Waals surface area contributed by atoms with E-state index in [-0.39, 0.29) is 5.82 Å². The van der Waals surface area contributed by atoms with Crippen LogP contribution < -0.4 is 5.73 Å². The van der Waals surface area contributed by atoms with Crippen LogP contribution in [0.1, 0.15) is 19.3 Å². The van der Waals surface area contributed by atoms with Gasteiger partial charge in [-0.05, 0) is 54.6 Å². The van der Waals surface area contributed by atoms with Crippen molar-refractivity contribution in [2.75, 3.05) is 25.4 Å². The van der Waals surface area contributed by atoms with Gasteiger partial charge in [-0.2, -0.15) is 0 Å². The monoisotopic (exact) mass is 388 g/mol. The van der Waals surface area contributed by atoms with Crippen molar-refractivity contribution < 1.29 is 4.39 Å². The predicted molar refractivity (Wildman–Crippen MR) is 87.1 cm³/mol. The maximum Gasteiger partial charge on any atom is 0.201 e. The Labute approximate surface area is 131 Å². The fraction of sp³-hybridized carbons (Fsp3) is 0.500. The van der Waals surface area contributed by atoms with Crippen LogP contribution in [0.3, 0.4) is 0 Å². The number of fused-ring (bicyclic) bond motifs is 1. The first-order chi connectivity index (χ1) is 9.65. The summed E-state index contributed by atoms with van der Waals surface area (Å²) < 4.78 is 16.2. The maximum absolute atomic E-state index is 13.7. The first kappa shape index (κ1) is 14.1. The highest BCUT2D eigenvalue weighted by Crippen LogP contribution is 2.23. The van der Waals surface area contributed by atoms with Crippen molar-refractivity contribution in [1.29, 1.82) is 0 Å². The minimum atomic E-state index is -0.211. The van der Waals surface area contributed by atoms with Gasteiger partial charge in [-0.3, -0.25) is 0 Å². The number of aromatic nitrogens is 2. The molecule has 20 heavy (non-hydrogen) atoms. The molecule has 1 saturated heterocycles. The van der Waals surface area contributed by atoms with Gasteiger partial charge in [-0.25, -0.2) is 9.37 Å². The highest BCUT2D eigenvalue weighted by molar-refractivity contribution is 14.1. The Morgan fingerprint density at radius 2 is 1.95 bits per heavy atom. The van der Waals surface area contributed by atoms with Crippen molar-refractivity contribution in [3.05, 3.63) is 21.5 Å². The van der Waals surface area contributed by atoms with E-state index in [0.29, 0.717) is 9.52 Å². The van der Waals surface area contributed by atoms with Crippen LogP contribution in [0.2, 0.25) is 0 Å². The molecule has 2 heterocycles. The van der Waals surface area contributed by atoms with E-state index in [1.54, 1.807) is 6.07 Å². The predicted octanol–water partition coefficient (Wildman–Crippen LogP) is 2.85. The molecule has 108 valence electrons. The lowest BCUT2D eigenvalue weighted by atomic mass is 10.1. The summed E-state index contributed by atoms with van der Waals surface area (Å²) in [4.78, 5) is 6.77. The molecule has 0 aliphatic carbocycles. The molecule has 1 aromatic heterocycles. The molecule has 0 radical (unpaired) electrons. The number of piperidine rings is 1. The summed E-state index contributed by atoms with van der Waals surface area (Å²) in [5.74, 6) is 0.260. The highest BCUT2D eigenvalue weighted by atomic mass is 127. The summed E-state index contributed by atoms with van der Waals surface area (Å²) in [6, 6.07) is 3.29. The van der Waals surface area contributed by atoms with E-state index < -0.39 is 0 Å². The molecule has 4 nitrogen and oxygen atoms in total. The number of halogens is 2. The smallest absolute Gasteiger partial charge is 0.201 e. The van der Waals surface area contributed by atoms with E-state index in [2.05, 4.69) is 9.88 Å². The summed E-state index contributed by atoms with van der Waals surface area (Å²) in [7, 11) is 0. The quantitative estimate of drug-likeness (QED) is 0.823. The summed E-state index contributed by atoms with van der Waals surface area (Å²) in [6.45, 7) is 4.02. The fourth-order valence-corrected chi connectivity index (χ4v) is 3.25. The lowest BCUT2D eigenvalue weighted by Gasteiger charge is -2.26. The standard InChI is InChI=1S/C14H18FIN4/c15-10-8-13-12(9-11(10)16)18-14(17)20(13)7-6-19-4-2-1-3-5-19/h8-9H,1-7H2,(H2,17,18). The van der Waals surface area contributed by atoms with Gasteiger partial charge in [0.25, 0.3) is 0 Å². The summed E-state index contributed by atoms with van der Waals surface area (Å²) in [5.41, 5.74) is 7.54. The number of nitrogens with two attached hydrogens (primary N) is 1. The van der Waals surface area contributed by atoms with E-state index in [1.807, 2.05) is 27.2 Å².